The molecule has 0 bridgehead atoms. The van der Waals surface area contributed by atoms with Crippen LogP contribution in [0.4, 0.5) is 0 Å². The Morgan fingerprint density at radius 1 is 1.29 bits per heavy atom. The fourth-order valence-corrected chi connectivity index (χ4v) is 2.57. The fourth-order valence-electron chi connectivity index (χ4n) is 1.64. The van der Waals surface area contributed by atoms with E-state index >= 15 is 0 Å². The van der Waals surface area contributed by atoms with E-state index in [0.29, 0.717) is 11.0 Å². The van der Waals surface area contributed by atoms with Crippen molar-refractivity contribution in [2.24, 2.45) is 0 Å². The van der Waals surface area contributed by atoms with Crippen molar-refractivity contribution in [3.05, 3.63) is 45.1 Å². The molecule has 0 unspecified atom stereocenters. The highest BCUT2D eigenvalue weighted by Gasteiger charge is 2.15. The largest absolute Gasteiger partial charge is 0.222 e. The summed E-state index contributed by atoms with van der Waals surface area (Å²) in [5, 5.41) is 5.08. The average molecular weight is 334 g/mol. The molecule has 0 fully saturated rings. The van der Waals surface area contributed by atoms with Crippen LogP contribution in [0.5, 0.6) is 0 Å². The third-order valence-corrected chi connectivity index (χ3v) is 3.73. The molecule has 5 heteroatoms. The van der Waals surface area contributed by atoms with E-state index in [9.17, 15) is 0 Å². The van der Waals surface area contributed by atoms with Crippen LogP contribution >= 0.6 is 39.1 Å². The third kappa shape index (κ3) is 2.51. The lowest BCUT2D eigenvalue weighted by Crippen LogP contribution is -1.96. The quantitative estimate of drug-likeness (QED) is 0.751. The molecule has 0 saturated heterocycles. The minimum Gasteiger partial charge on any atom is -0.222 e. The van der Waals surface area contributed by atoms with Crippen LogP contribution in [0, 0.1) is 0 Å². The Kier molecular flexibility index (Phi) is 4.13. The van der Waals surface area contributed by atoms with Crippen molar-refractivity contribution >= 4 is 39.1 Å². The van der Waals surface area contributed by atoms with Crippen LogP contribution in [-0.2, 0) is 12.3 Å². The van der Waals surface area contributed by atoms with E-state index in [-0.39, 0.29) is 0 Å². The number of hydrogen-bond donors (Lipinski definition) is 0. The molecule has 1 heterocycles. The van der Waals surface area contributed by atoms with Crippen molar-refractivity contribution in [3.63, 3.8) is 0 Å². The van der Waals surface area contributed by atoms with E-state index in [1.807, 2.05) is 31.2 Å². The first-order valence-electron chi connectivity index (χ1n) is 5.25. The Balaban J connectivity index is 2.52. The van der Waals surface area contributed by atoms with Gasteiger partial charge in [-0.1, -0.05) is 34.5 Å². The molecule has 90 valence electrons. The van der Waals surface area contributed by atoms with Gasteiger partial charge in [0.25, 0.3) is 0 Å². The summed E-state index contributed by atoms with van der Waals surface area (Å²) in [6.07, 6.45) is 0.825. The molecule has 0 N–H and O–H groups in total. The molecule has 0 aliphatic heterocycles. The fraction of sp³-hybridized carbons (Fsp3) is 0.250. The first-order chi connectivity index (χ1) is 8.17. The molecular formula is C12H11BrCl2N2. The monoisotopic (exact) mass is 332 g/mol. The van der Waals surface area contributed by atoms with E-state index in [1.165, 1.54) is 0 Å². The van der Waals surface area contributed by atoms with Crippen LogP contribution in [0.25, 0.3) is 5.69 Å². The summed E-state index contributed by atoms with van der Waals surface area (Å²) in [5.74, 6) is 0.387. The topological polar surface area (TPSA) is 17.8 Å². The van der Waals surface area contributed by atoms with Crippen LogP contribution in [-0.4, -0.2) is 9.78 Å². The molecule has 2 aromatic rings. The molecule has 0 amide bonds. The maximum atomic E-state index is 6.29. The number of nitrogens with zero attached hydrogens (tertiary/aromatic N) is 2. The lowest BCUT2D eigenvalue weighted by molar-refractivity contribution is 0.841. The zero-order valence-electron chi connectivity index (χ0n) is 9.25. The molecule has 0 aliphatic carbocycles. The minimum absolute atomic E-state index is 0.387. The Morgan fingerprint density at radius 2 is 1.94 bits per heavy atom. The lowest BCUT2D eigenvalue weighted by Gasteiger charge is -2.03. The van der Waals surface area contributed by atoms with Gasteiger partial charge < -0.3 is 0 Å². The summed E-state index contributed by atoms with van der Waals surface area (Å²) in [5.41, 5.74) is 2.80. The summed E-state index contributed by atoms with van der Waals surface area (Å²) in [6, 6.07) is 7.83. The molecule has 0 spiro atoms. The van der Waals surface area contributed by atoms with Crippen molar-refractivity contribution in [2.45, 2.75) is 19.2 Å². The van der Waals surface area contributed by atoms with Crippen molar-refractivity contribution in [1.82, 2.24) is 9.78 Å². The third-order valence-electron chi connectivity index (χ3n) is 2.54. The molecule has 1 aromatic carbocycles. The highest BCUT2D eigenvalue weighted by molar-refractivity contribution is 9.10. The normalized spacial score (nSPS) is 10.8. The SMILES string of the molecule is CCc1nn(-c2ccc(Br)cc2)c(Cl)c1CCl. The maximum absolute atomic E-state index is 6.29. The second-order valence-electron chi connectivity index (χ2n) is 3.59. The predicted octanol–water partition coefficient (Wildman–Crippen LogP) is 4.59. The van der Waals surface area contributed by atoms with Crippen LogP contribution in [0.3, 0.4) is 0 Å². The zero-order chi connectivity index (χ0) is 12.4. The van der Waals surface area contributed by atoms with Gasteiger partial charge in [0, 0.05) is 10.0 Å². The summed E-state index contributed by atoms with van der Waals surface area (Å²) < 4.78 is 2.75. The van der Waals surface area contributed by atoms with Crippen molar-refractivity contribution in [3.8, 4) is 5.69 Å². The van der Waals surface area contributed by atoms with Crippen LogP contribution < -0.4 is 0 Å². The molecule has 2 rings (SSSR count). The van der Waals surface area contributed by atoms with Gasteiger partial charge in [-0.15, -0.1) is 11.6 Å². The van der Waals surface area contributed by atoms with Gasteiger partial charge >= 0.3 is 0 Å². The second kappa shape index (κ2) is 5.42. The second-order valence-corrected chi connectivity index (χ2v) is 5.13. The smallest absolute Gasteiger partial charge is 0.137 e. The highest BCUT2D eigenvalue weighted by Crippen LogP contribution is 2.26. The van der Waals surface area contributed by atoms with Crippen molar-refractivity contribution < 1.29 is 0 Å². The first-order valence-corrected chi connectivity index (χ1v) is 6.96. The maximum Gasteiger partial charge on any atom is 0.137 e. The number of halogens is 3. The van der Waals surface area contributed by atoms with Crippen LogP contribution in [0.15, 0.2) is 28.7 Å². The lowest BCUT2D eigenvalue weighted by atomic mass is 10.2. The van der Waals surface area contributed by atoms with Gasteiger partial charge in [0.2, 0.25) is 0 Å². The number of aromatic nitrogens is 2. The molecular weight excluding hydrogens is 323 g/mol. The summed E-state index contributed by atoms with van der Waals surface area (Å²) in [6.45, 7) is 2.04. The van der Waals surface area contributed by atoms with E-state index in [1.54, 1.807) is 4.68 Å². The van der Waals surface area contributed by atoms with Crippen LogP contribution in [0.2, 0.25) is 5.15 Å². The Bertz CT molecular complexity index is 520. The summed E-state index contributed by atoms with van der Waals surface area (Å²) in [4.78, 5) is 0. The first kappa shape index (κ1) is 12.9. The van der Waals surface area contributed by atoms with Gasteiger partial charge in [-0.2, -0.15) is 5.10 Å². The molecule has 0 radical (unpaired) electrons. The number of benzene rings is 1. The van der Waals surface area contributed by atoms with Crippen molar-refractivity contribution in [2.75, 3.05) is 0 Å². The molecule has 0 atom stereocenters. The number of rotatable bonds is 3. The zero-order valence-corrected chi connectivity index (χ0v) is 12.3. The van der Waals surface area contributed by atoms with Gasteiger partial charge in [0.05, 0.1) is 17.3 Å². The number of aryl methyl sites for hydroxylation is 1. The van der Waals surface area contributed by atoms with Gasteiger partial charge in [-0.3, -0.25) is 0 Å². The van der Waals surface area contributed by atoms with Gasteiger partial charge in [-0.25, -0.2) is 4.68 Å². The van der Waals surface area contributed by atoms with E-state index in [4.69, 9.17) is 23.2 Å². The Hall–Kier alpha value is -0.510. The van der Waals surface area contributed by atoms with Crippen molar-refractivity contribution in [1.29, 1.82) is 0 Å². The highest BCUT2D eigenvalue weighted by atomic mass is 79.9. The van der Waals surface area contributed by atoms with Crippen LogP contribution in [0.1, 0.15) is 18.2 Å². The summed E-state index contributed by atoms with van der Waals surface area (Å²) in [7, 11) is 0. The molecule has 1 aromatic heterocycles. The van der Waals surface area contributed by atoms with E-state index in [2.05, 4.69) is 21.0 Å². The average Bonchev–Trinajstić information content (AvgIpc) is 2.66. The Labute approximate surface area is 119 Å². The molecule has 0 saturated carbocycles. The molecule has 17 heavy (non-hydrogen) atoms. The van der Waals surface area contributed by atoms with E-state index < -0.39 is 0 Å². The van der Waals surface area contributed by atoms with E-state index in [0.717, 1.165) is 27.8 Å². The molecule has 0 aliphatic rings. The minimum atomic E-state index is 0.387. The predicted molar refractivity (Wildman–Crippen MR) is 75.2 cm³/mol. The van der Waals surface area contributed by atoms with Gasteiger partial charge in [0.15, 0.2) is 0 Å². The Morgan fingerprint density at radius 3 is 2.41 bits per heavy atom. The van der Waals surface area contributed by atoms with Gasteiger partial charge in [0.1, 0.15) is 5.15 Å². The van der Waals surface area contributed by atoms with Gasteiger partial charge in [-0.05, 0) is 30.7 Å². The standard InChI is InChI=1S/C12H11BrCl2N2/c1-2-11-10(7-14)12(15)17(16-11)9-5-3-8(13)4-6-9/h3-6H,2,7H2,1H3. The molecule has 2 nitrogen and oxygen atoms in total. The summed E-state index contributed by atoms with van der Waals surface area (Å²) >= 11 is 15.6. The number of alkyl halides is 1. The number of hydrogen-bond acceptors (Lipinski definition) is 1.